The maximum Gasteiger partial charge on any atom is 0.254 e. The molecule has 0 saturated carbocycles. The topological polar surface area (TPSA) is 49.8 Å². The highest BCUT2D eigenvalue weighted by Crippen LogP contribution is 2.37. The summed E-state index contributed by atoms with van der Waals surface area (Å²) in [7, 11) is 0. The van der Waals surface area contributed by atoms with Crippen LogP contribution < -0.4 is 4.74 Å². The summed E-state index contributed by atoms with van der Waals surface area (Å²) < 4.78 is 5.61. The number of hydrogen-bond donors (Lipinski definition) is 1. The summed E-state index contributed by atoms with van der Waals surface area (Å²) in [5, 5.41) is 9.86. The third-order valence-electron chi connectivity index (χ3n) is 5.10. The average Bonchev–Trinajstić information content (AvgIpc) is 2.78. The molecule has 4 heteroatoms. The fourth-order valence-corrected chi connectivity index (χ4v) is 4.12. The van der Waals surface area contributed by atoms with Crippen LogP contribution in [0.2, 0.25) is 0 Å². The molecule has 1 aromatic rings. The molecule has 4 rings (SSSR count). The van der Waals surface area contributed by atoms with Crippen LogP contribution in [0, 0.1) is 0 Å². The summed E-state index contributed by atoms with van der Waals surface area (Å²) in [6.07, 6.45) is 5.30. The first-order valence-electron chi connectivity index (χ1n) is 7.99. The van der Waals surface area contributed by atoms with E-state index in [2.05, 4.69) is 0 Å². The zero-order valence-electron chi connectivity index (χ0n) is 12.1. The van der Waals surface area contributed by atoms with Crippen molar-refractivity contribution in [3.63, 3.8) is 0 Å². The highest BCUT2D eigenvalue weighted by Gasteiger charge is 2.43. The first-order valence-corrected chi connectivity index (χ1v) is 7.99. The number of ether oxygens (including phenoxy) is 1. The molecule has 2 bridgehead atoms. The Balaban J connectivity index is 1.60. The molecule has 3 aliphatic heterocycles. The number of aliphatic hydroxyl groups is 1. The highest BCUT2D eigenvalue weighted by molar-refractivity contribution is 5.95. The molecule has 1 aromatic carbocycles. The third kappa shape index (κ3) is 2.22. The van der Waals surface area contributed by atoms with Gasteiger partial charge in [0.05, 0.1) is 12.7 Å². The second kappa shape index (κ2) is 5.02. The molecular formula is C17H21NO3. The summed E-state index contributed by atoms with van der Waals surface area (Å²) in [4.78, 5) is 14.9. The zero-order chi connectivity index (χ0) is 14.4. The Hall–Kier alpha value is -1.55. The largest absolute Gasteiger partial charge is 0.493 e. The molecule has 2 fully saturated rings. The van der Waals surface area contributed by atoms with Gasteiger partial charge < -0.3 is 14.7 Å². The van der Waals surface area contributed by atoms with E-state index in [1.54, 1.807) is 0 Å². The number of amides is 1. The Kier molecular flexibility index (Phi) is 3.14. The van der Waals surface area contributed by atoms with Crippen LogP contribution in [-0.4, -0.2) is 40.7 Å². The van der Waals surface area contributed by atoms with Gasteiger partial charge in [0.25, 0.3) is 5.91 Å². The van der Waals surface area contributed by atoms with Gasteiger partial charge in [-0.15, -0.1) is 0 Å². The van der Waals surface area contributed by atoms with Crippen molar-refractivity contribution in [1.29, 1.82) is 0 Å². The van der Waals surface area contributed by atoms with E-state index in [9.17, 15) is 9.90 Å². The summed E-state index contributed by atoms with van der Waals surface area (Å²) in [6.45, 7) is 0.772. The molecule has 0 radical (unpaired) electrons. The molecule has 0 aliphatic carbocycles. The van der Waals surface area contributed by atoms with Crippen LogP contribution in [0.5, 0.6) is 5.75 Å². The number of carbonyl (C=O) groups is 1. The summed E-state index contributed by atoms with van der Waals surface area (Å²) in [5.74, 6) is 1.05. The van der Waals surface area contributed by atoms with E-state index in [0.717, 1.165) is 62.0 Å². The van der Waals surface area contributed by atoms with Crippen molar-refractivity contribution in [2.75, 3.05) is 6.61 Å². The van der Waals surface area contributed by atoms with E-state index >= 15 is 0 Å². The molecule has 3 heterocycles. The fraction of sp³-hybridized carbons (Fsp3) is 0.588. The Morgan fingerprint density at radius 1 is 1.24 bits per heavy atom. The quantitative estimate of drug-likeness (QED) is 0.861. The Bertz CT molecular complexity index is 557. The van der Waals surface area contributed by atoms with Gasteiger partial charge in [0, 0.05) is 17.6 Å². The molecule has 2 saturated heterocycles. The summed E-state index contributed by atoms with van der Waals surface area (Å²) in [5.41, 5.74) is 1.92. The minimum absolute atomic E-state index is 0.128. The van der Waals surface area contributed by atoms with Crippen molar-refractivity contribution in [2.24, 2.45) is 0 Å². The van der Waals surface area contributed by atoms with Gasteiger partial charge in [0.1, 0.15) is 5.75 Å². The lowest BCUT2D eigenvalue weighted by Gasteiger charge is -2.37. The van der Waals surface area contributed by atoms with E-state index in [1.807, 2.05) is 23.1 Å². The van der Waals surface area contributed by atoms with E-state index in [-0.39, 0.29) is 24.1 Å². The normalized spacial score (nSPS) is 30.7. The lowest BCUT2D eigenvalue weighted by molar-refractivity contribution is 0.0287. The number of carbonyl (C=O) groups excluding carboxylic acids is 1. The first kappa shape index (κ1) is 13.1. The Morgan fingerprint density at radius 2 is 2.00 bits per heavy atom. The summed E-state index contributed by atoms with van der Waals surface area (Å²) >= 11 is 0. The number of piperidine rings is 1. The van der Waals surface area contributed by atoms with Gasteiger partial charge in [-0.1, -0.05) is 0 Å². The average molecular weight is 287 g/mol. The third-order valence-corrected chi connectivity index (χ3v) is 5.10. The molecule has 4 nitrogen and oxygen atoms in total. The van der Waals surface area contributed by atoms with Gasteiger partial charge in [-0.05, 0) is 62.3 Å². The number of rotatable bonds is 1. The van der Waals surface area contributed by atoms with Crippen molar-refractivity contribution in [1.82, 2.24) is 4.90 Å². The number of fused-ring (bicyclic) bond motifs is 3. The number of aliphatic hydroxyl groups excluding tert-OH is 1. The van der Waals surface area contributed by atoms with Gasteiger partial charge >= 0.3 is 0 Å². The van der Waals surface area contributed by atoms with Crippen molar-refractivity contribution < 1.29 is 14.6 Å². The van der Waals surface area contributed by atoms with Gasteiger partial charge in [-0.3, -0.25) is 4.79 Å². The van der Waals surface area contributed by atoms with Crippen LogP contribution >= 0.6 is 0 Å². The van der Waals surface area contributed by atoms with Gasteiger partial charge in [0.15, 0.2) is 0 Å². The predicted molar refractivity (Wildman–Crippen MR) is 78.5 cm³/mol. The highest BCUT2D eigenvalue weighted by atomic mass is 16.5. The van der Waals surface area contributed by atoms with Crippen LogP contribution in [0.3, 0.4) is 0 Å². The monoisotopic (exact) mass is 287 g/mol. The SMILES string of the molecule is O=C(c1ccc2c(c1)CCCO2)N1[C@@H]2CC[C@H]1CC(O)C2. The standard InChI is InChI=1S/C17H21NO3/c19-15-9-13-4-5-14(10-15)18(13)17(20)12-3-6-16-11(8-12)2-1-7-21-16/h3,6,8,13-15,19H,1-2,4-5,7,9-10H2/t13-,14+,15?. The van der Waals surface area contributed by atoms with Crippen LogP contribution in [0.4, 0.5) is 0 Å². The Labute approximate surface area is 124 Å². The van der Waals surface area contributed by atoms with E-state index < -0.39 is 0 Å². The van der Waals surface area contributed by atoms with Crippen molar-refractivity contribution in [3.05, 3.63) is 29.3 Å². The molecular weight excluding hydrogens is 266 g/mol. The number of aryl methyl sites for hydroxylation is 1. The first-order chi connectivity index (χ1) is 10.2. The summed E-state index contributed by atoms with van der Waals surface area (Å²) in [6, 6.07) is 6.26. The molecule has 3 atom stereocenters. The maximum absolute atomic E-state index is 12.9. The molecule has 0 spiro atoms. The van der Waals surface area contributed by atoms with Crippen molar-refractivity contribution in [3.8, 4) is 5.75 Å². The van der Waals surface area contributed by atoms with Gasteiger partial charge in [0.2, 0.25) is 0 Å². The van der Waals surface area contributed by atoms with E-state index in [4.69, 9.17) is 4.74 Å². The second-order valence-electron chi connectivity index (χ2n) is 6.50. The zero-order valence-corrected chi connectivity index (χ0v) is 12.1. The van der Waals surface area contributed by atoms with Crippen molar-refractivity contribution in [2.45, 2.75) is 56.7 Å². The molecule has 1 unspecified atom stereocenters. The minimum atomic E-state index is -0.233. The van der Waals surface area contributed by atoms with Gasteiger partial charge in [-0.25, -0.2) is 0 Å². The molecule has 1 amide bonds. The lowest BCUT2D eigenvalue weighted by Crippen LogP contribution is -2.48. The Morgan fingerprint density at radius 3 is 2.76 bits per heavy atom. The van der Waals surface area contributed by atoms with E-state index in [0.29, 0.717) is 0 Å². The molecule has 0 aromatic heterocycles. The van der Waals surface area contributed by atoms with Crippen LogP contribution in [0.15, 0.2) is 18.2 Å². The second-order valence-corrected chi connectivity index (χ2v) is 6.50. The van der Waals surface area contributed by atoms with Gasteiger partial charge in [-0.2, -0.15) is 0 Å². The minimum Gasteiger partial charge on any atom is -0.493 e. The maximum atomic E-state index is 12.9. The number of nitrogens with zero attached hydrogens (tertiary/aromatic N) is 1. The van der Waals surface area contributed by atoms with Crippen molar-refractivity contribution >= 4 is 5.91 Å². The smallest absolute Gasteiger partial charge is 0.254 e. The van der Waals surface area contributed by atoms with Crippen LogP contribution in [-0.2, 0) is 6.42 Å². The number of hydrogen-bond acceptors (Lipinski definition) is 3. The molecule has 112 valence electrons. The van der Waals surface area contributed by atoms with E-state index in [1.165, 1.54) is 0 Å². The van der Waals surface area contributed by atoms with Crippen LogP contribution in [0.1, 0.15) is 48.0 Å². The lowest BCUT2D eigenvalue weighted by atomic mass is 9.97. The number of benzene rings is 1. The van der Waals surface area contributed by atoms with Crippen LogP contribution in [0.25, 0.3) is 0 Å². The molecule has 1 N–H and O–H groups in total. The fourth-order valence-electron chi connectivity index (χ4n) is 4.12. The predicted octanol–water partition coefficient (Wildman–Crippen LogP) is 2.14. The molecule has 3 aliphatic rings. The molecule has 21 heavy (non-hydrogen) atoms.